The minimum absolute atomic E-state index is 0.431. The van der Waals surface area contributed by atoms with Gasteiger partial charge in [-0.25, -0.2) is 9.97 Å². The molecular weight excluding hydrogens is 275 g/mol. The van der Waals surface area contributed by atoms with E-state index in [0.717, 1.165) is 10.3 Å². The summed E-state index contributed by atoms with van der Waals surface area (Å²) in [5, 5.41) is 3.77. The first-order valence-corrected chi connectivity index (χ1v) is 6.55. The van der Waals surface area contributed by atoms with Crippen LogP contribution < -0.4 is 0 Å². The van der Waals surface area contributed by atoms with E-state index in [2.05, 4.69) is 9.97 Å². The van der Waals surface area contributed by atoms with E-state index in [-0.39, 0.29) is 0 Å². The van der Waals surface area contributed by atoms with Gasteiger partial charge in [0.05, 0.1) is 15.4 Å². The summed E-state index contributed by atoms with van der Waals surface area (Å²) in [4.78, 5) is 9.73. The van der Waals surface area contributed by atoms with Crippen LogP contribution in [0, 0.1) is 0 Å². The molecule has 17 heavy (non-hydrogen) atoms. The Morgan fingerprint density at radius 2 is 1.88 bits per heavy atom. The van der Waals surface area contributed by atoms with Gasteiger partial charge in [-0.3, -0.25) is 0 Å². The Morgan fingerprint density at radius 3 is 2.65 bits per heavy atom. The van der Waals surface area contributed by atoms with Gasteiger partial charge in [-0.05, 0) is 23.6 Å². The van der Waals surface area contributed by atoms with E-state index in [1.165, 1.54) is 0 Å². The van der Waals surface area contributed by atoms with Gasteiger partial charge in [0.2, 0.25) is 0 Å². The van der Waals surface area contributed by atoms with Crippen LogP contribution in [-0.2, 0) is 0 Å². The van der Waals surface area contributed by atoms with Gasteiger partial charge >= 0.3 is 0 Å². The Labute approximate surface area is 112 Å². The number of halogens is 2. The number of hydrogen-bond acceptors (Lipinski definition) is 3. The maximum Gasteiger partial charge on any atom is 0.171 e. The van der Waals surface area contributed by atoms with Crippen molar-refractivity contribution in [1.29, 1.82) is 0 Å². The fourth-order valence-corrected chi connectivity index (χ4v) is 2.70. The van der Waals surface area contributed by atoms with Crippen LogP contribution in [0.25, 0.3) is 21.6 Å². The number of benzene rings is 1. The number of thiophene rings is 1. The van der Waals surface area contributed by atoms with Crippen molar-refractivity contribution in [2.75, 3.05) is 0 Å². The van der Waals surface area contributed by atoms with Gasteiger partial charge in [-0.15, -0.1) is 11.3 Å². The maximum atomic E-state index is 6.15. The normalized spacial score (nSPS) is 10.9. The van der Waals surface area contributed by atoms with Crippen LogP contribution in [0.4, 0.5) is 0 Å². The molecule has 1 aromatic carbocycles. The minimum atomic E-state index is 0.431. The van der Waals surface area contributed by atoms with E-state index in [1.807, 2.05) is 29.6 Å². The first-order chi connectivity index (χ1) is 8.25. The third kappa shape index (κ3) is 1.90. The standard InChI is InChI=1S/C12H6Cl2N2S/c13-8-4-1-3-7-10(8)15-12(16-11(7)14)9-5-2-6-17-9/h1-6H. The second kappa shape index (κ2) is 4.26. The summed E-state index contributed by atoms with van der Waals surface area (Å²) >= 11 is 13.8. The predicted molar refractivity (Wildman–Crippen MR) is 72.9 cm³/mol. The van der Waals surface area contributed by atoms with Crippen molar-refractivity contribution in [1.82, 2.24) is 9.97 Å². The lowest BCUT2D eigenvalue weighted by Gasteiger charge is -2.04. The molecule has 2 nitrogen and oxygen atoms in total. The third-order valence-electron chi connectivity index (χ3n) is 2.37. The third-order valence-corrected chi connectivity index (χ3v) is 3.83. The zero-order valence-electron chi connectivity index (χ0n) is 8.52. The Kier molecular flexibility index (Phi) is 2.74. The van der Waals surface area contributed by atoms with Crippen LogP contribution in [0.1, 0.15) is 0 Å². The number of hydrogen-bond donors (Lipinski definition) is 0. The largest absolute Gasteiger partial charge is 0.226 e. The summed E-state index contributed by atoms with van der Waals surface area (Å²) < 4.78 is 0. The Bertz CT molecular complexity index is 680. The van der Waals surface area contributed by atoms with E-state index >= 15 is 0 Å². The molecule has 0 saturated carbocycles. The Morgan fingerprint density at radius 1 is 1.00 bits per heavy atom. The zero-order valence-corrected chi connectivity index (χ0v) is 10.9. The molecule has 2 aromatic heterocycles. The van der Waals surface area contributed by atoms with Crippen molar-refractivity contribution in [3.05, 3.63) is 45.9 Å². The summed E-state index contributed by atoms with van der Waals surface area (Å²) in [7, 11) is 0. The van der Waals surface area contributed by atoms with Crippen molar-refractivity contribution in [3.63, 3.8) is 0 Å². The lowest BCUT2D eigenvalue weighted by Crippen LogP contribution is -1.90. The second-order valence-electron chi connectivity index (χ2n) is 3.45. The average molecular weight is 281 g/mol. The molecule has 3 aromatic rings. The van der Waals surface area contributed by atoms with Crippen molar-refractivity contribution in [3.8, 4) is 10.7 Å². The van der Waals surface area contributed by atoms with Gasteiger partial charge in [-0.2, -0.15) is 0 Å². The lowest BCUT2D eigenvalue weighted by atomic mass is 10.2. The molecule has 0 aliphatic carbocycles. The molecule has 3 rings (SSSR count). The predicted octanol–water partition coefficient (Wildman–Crippen LogP) is 4.67. The van der Waals surface area contributed by atoms with E-state index in [0.29, 0.717) is 21.5 Å². The van der Waals surface area contributed by atoms with Crippen molar-refractivity contribution >= 4 is 45.4 Å². The van der Waals surface area contributed by atoms with Gasteiger partial charge in [-0.1, -0.05) is 35.3 Å². The molecular formula is C12H6Cl2N2S. The van der Waals surface area contributed by atoms with Crippen LogP contribution in [0.2, 0.25) is 10.2 Å². The molecule has 0 N–H and O–H groups in total. The van der Waals surface area contributed by atoms with Crippen LogP contribution >= 0.6 is 34.5 Å². The molecule has 0 aliphatic rings. The molecule has 0 aliphatic heterocycles. The van der Waals surface area contributed by atoms with Gasteiger partial charge in [0.1, 0.15) is 5.15 Å². The number of aromatic nitrogens is 2. The summed E-state index contributed by atoms with van der Waals surface area (Å²) in [6.07, 6.45) is 0. The molecule has 0 fully saturated rings. The smallest absolute Gasteiger partial charge is 0.171 e. The summed E-state index contributed by atoms with van der Waals surface area (Å²) in [5.41, 5.74) is 0.692. The van der Waals surface area contributed by atoms with Crippen molar-refractivity contribution in [2.45, 2.75) is 0 Å². The van der Waals surface area contributed by atoms with Crippen LogP contribution in [0.15, 0.2) is 35.7 Å². The molecule has 0 bridgehead atoms. The highest BCUT2D eigenvalue weighted by atomic mass is 35.5. The van der Waals surface area contributed by atoms with E-state index in [4.69, 9.17) is 23.2 Å². The molecule has 0 spiro atoms. The Hall–Kier alpha value is -1.16. The molecule has 0 saturated heterocycles. The summed E-state index contributed by atoms with van der Waals surface area (Å²) in [5.74, 6) is 0.616. The second-order valence-corrected chi connectivity index (χ2v) is 5.16. The van der Waals surface area contributed by atoms with Crippen molar-refractivity contribution < 1.29 is 0 Å². The monoisotopic (exact) mass is 280 g/mol. The molecule has 0 amide bonds. The average Bonchev–Trinajstić information content (AvgIpc) is 2.84. The van der Waals surface area contributed by atoms with E-state index in [9.17, 15) is 0 Å². The van der Waals surface area contributed by atoms with Gasteiger partial charge in [0.15, 0.2) is 5.82 Å². The number of rotatable bonds is 1. The highest BCUT2D eigenvalue weighted by Crippen LogP contribution is 2.30. The van der Waals surface area contributed by atoms with Crippen LogP contribution in [-0.4, -0.2) is 9.97 Å². The van der Waals surface area contributed by atoms with Crippen LogP contribution in [0.5, 0.6) is 0 Å². The molecule has 0 radical (unpaired) electrons. The van der Waals surface area contributed by atoms with E-state index < -0.39 is 0 Å². The quantitative estimate of drug-likeness (QED) is 0.606. The zero-order chi connectivity index (χ0) is 11.8. The number of fused-ring (bicyclic) bond motifs is 1. The molecule has 2 heterocycles. The van der Waals surface area contributed by atoms with Gasteiger partial charge < -0.3 is 0 Å². The highest BCUT2D eigenvalue weighted by molar-refractivity contribution is 7.13. The maximum absolute atomic E-state index is 6.15. The summed E-state index contributed by atoms with van der Waals surface area (Å²) in [6, 6.07) is 9.41. The first-order valence-electron chi connectivity index (χ1n) is 4.91. The Balaban J connectivity index is 2.34. The fourth-order valence-electron chi connectivity index (χ4n) is 1.60. The highest BCUT2D eigenvalue weighted by Gasteiger charge is 2.10. The van der Waals surface area contributed by atoms with E-state index in [1.54, 1.807) is 17.4 Å². The SMILES string of the molecule is Clc1nc(-c2cccs2)nc2c(Cl)cccc12. The lowest BCUT2D eigenvalue weighted by molar-refractivity contribution is 1.24. The number of para-hydroxylation sites is 1. The van der Waals surface area contributed by atoms with Gasteiger partial charge in [0.25, 0.3) is 0 Å². The van der Waals surface area contributed by atoms with Crippen LogP contribution in [0.3, 0.4) is 0 Å². The molecule has 84 valence electrons. The fraction of sp³-hybridized carbons (Fsp3) is 0. The minimum Gasteiger partial charge on any atom is -0.226 e. The molecule has 5 heteroatoms. The molecule has 0 atom stereocenters. The topological polar surface area (TPSA) is 25.8 Å². The first kappa shape index (κ1) is 11.0. The number of nitrogens with zero attached hydrogens (tertiary/aromatic N) is 2. The summed E-state index contributed by atoms with van der Waals surface area (Å²) in [6.45, 7) is 0. The molecule has 0 unspecified atom stereocenters. The van der Waals surface area contributed by atoms with Gasteiger partial charge in [0, 0.05) is 5.39 Å². The van der Waals surface area contributed by atoms with Crippen molar-refractivity contribution in [2.24, 2.45) is 0 Å².